The van der Waals surface area contributed by atoms with Gasteiger partial charge in [0, 0.05) is 11.5 Å². The Hall–Kier alpha value is -0.260. The molecular formula is C7H14O4S. The summed E-state index contributed by atoms with van der Waals surface area (Å²) in [6, 6.07) is 0. The van der Waals surface area contributed by atoms with E-state index in [1.807, 2.05) is 0 Å². The summed E-state index contributed by atoms with van der Waals surface area (Å²) in [5.41, 5.74) is -1.09. The van der Waals surface area contributed by atoms with Gasteiger partial charge in [-0.1, -0.05) is 0 Å². The van der Waals surface area contributed by atoms with E-state index in [1.54, 1.807) is 0 Å². The van der Waals surface area contributed by atoms with Crippen LogP contribution in [0.5, 0.6) is 0 Å². The third-order valence-corrected chi connectivity index (χ3v) is 2.53. The molecule has 0 aromatic carbocycles. The lowest BCUT2D eigenvalue weighted by Gasteiger charge is -2.18. The van der Waals surface area contributed by atoms with Crippen LogP contribution in [0.4, 0.5) is 0 Å². The third-order valence-electron chi connectivity index (χ3n) is 1.21. The van der Waals surface area contributed by atoms with Crippen LogP contribution in [0.25, 0.3) is 0 Å². The van der Waals surface area contributed by atoms with E-state index in [1.165, 1.54) is 18.7 Å². The van der Waals surface area contributed by atoms with Crippen molar-refractivity contribution in [2.75, 3.05) is 18.1 Å². The number of carboxylic acids is 1. The molecule has 0 bridgehead atoms. The van der Waals surface area contributed by atoms with Crippen LogP contribution in [0.3, 0.4) is 0 Å². The average Bonchev–Trinajstić information content (AvgIpc) is 1.98. The predicted octanol–water partition coefficient (Wildman–Crippen LogP) is -0.0624. The largest absolute Gasteiger partial charge is 0.481 e. The standard InChI is InChI=1S/C7H14O4S/c1-7(11,4-8)5-12-3-2-6(9)10/h8,11H,2-5H2,1H3,(H,9,10). The zero-order valence-electron chi connectivity index (χ0n) is 6.99. The van der Waals surface area contributed by atoms with E-state index < -0.39 is 11.6 Å². The molecule has 72 valence electrons. The molecule has 0 aliphatic rings. The van der Waals surface area contributed by atoms with Crippen LogP contribution in [-0.4, -0.2) is 45.0 Å². The fraction of sp³-hybridized carbons (Fsp3) is 0.857. The molecule has 0 heterocycles. The molecular weight excluding hydrogens is 180 g/mol. The Morgan fingerprint density at radius 1 is 1.58 bits per heavy atom. The molecule has 1 atom stereocenters. The van der Waals surface area contributed by atoms with Crippen molar-refractivity contribution in [1.29, 1.82) is 0 Å². The molecule has 12 heavy (non-hydrogen) atoms. The highest BCUT2D eigenvalue weighted by Crippen LogP contribution is 2.12. The Morgan fingerprint density at radius 2 is 2.17 bits per heavy atom. The molecule has 0 aromatic rings. The van der Waals surface area contributed by atoms with Crippen molar-refractivity contribution in [2.24, 2.45) is 0 Å². The molecule has 0 saturated heterocycles. The van der Waals surface area contributed by atoms with Gasteiger partial charge in [-0.2, -0.15) is 11.8 Å². The number of carbonyl (C=O) groups is 1. The van der Waals surface area contributed by atoms with Gasteiger partial charge in [0.15, 0.2) is 0 Å². The minimum absolute atomic E-state index is 0.0895. The summed E-state index contributed by atoms with van der Waals surface area (Å²) in [5.74, 6) is -0.0198. The maximum Gasteiger partial charge on any atom is 0.304 e. The minimum atomic E-state index is -1.09. The van der Waals surface area contributed by atoms with Crippen LogP contribution < -0.4 is 0 Å². The number of thioether (sulfide) groups is 1. The number of hydrogen-bond acceptors (Lipinski definition) is 4. The molecule has 0 rings (SSSR count). The number of hydrogen-bond donors (Lipinski definition) is 3. The summed E-state index contributed by atoms with van der Waals surface area (Å²) in [7, 11) is 0. The van der Waals surface area contributed by atoms with E-state index in [9.17, 15) is 9.90 Å². The monoisotopic (exact) mass is 194 g/mol. The predicted molar refractivity (Wildman–Crippen MR) is 47.3 cm³/mol. The first-order chi connectivity index (χ1) is 5.48. The number of carboxylic acid groups (broad SMARTS) is 1. The Balaban J connectivity index is 3.37. The molecule has 4 nitrogen and oxygen atoms in total. The van der Waals surface area contributed by atoms with Crippen molar-refractivity contribution in [3.8, 4) is 0 Å². The van der Waals surface area contributed by atoms with Gasteiger partial charge in [0.05, 0.1) is 18.6 Å². The second-order valence-corrected chi connectivity index (χ2v) is 3.96. The number of rotatable bonds is 6. The first-order valence-corrected chi connectivity index (χ1v) is 4.76. The highest BCUT2D eigenvalue weighted by molar-refractivity contribution is 7.99. The summed E-state index contributed by atoms with van der Waals surface area (Å²) in [5, 5.41) is 26.2. The minimum Gasteiger partial charge on any atom is -0.481 e. The van der Waals surface area contributed by atoms with Crippen LogP contribution in [0, 0.1) is 0 Å². The van der Waals surface area contributed by atoms with Gasteiger partial charge in [-0.15, -0.1) is 0 Å². The van der Waals surface area contributed by atoms with Gasteiger partial charge in [-0.25, -0.2) is 0 Å². The molecule has 0 amide bonds. The summed E-state index contributed by atoms with van der Waals surface area (Å²) in [4.78, 5) is 10.1. The van der Waals surface area contributed by atoms with Gasteiger partial charge in [0.25, 0.3) is 0 Å². The SMILES string of the molecule is CC(O)(CO)CSCCC(=O)O. The molecule has 0 saturated carbocycles. The van der Waals surface area contributed by atoms with Crippen LogP contribution in [0.1, 0.15) is 13.3 Å². The average molecular weight is 194 g/mol. The maximum atomic E-state index is 10.1. The third kappa shape index (κ3) is 6.45. The van der Waals surface area contributed by atoms with Crippen LogP contribution in [0.15, 0.2) is 0 Å². The molecule has 0 spiro atoms. The second-order valence-electron chi connectivity index (χ2n) is 2.85. The Labute approximate surface area is 75.6 Å². The summed E-state index contributed by atoms with van der Waals surface area (Å²) in [6.07, 6.45) is 0.0895. The van der Waals surface area contributed by atoms with E-state index >= 15 is 0 Å². The molecule has 0 aliphatic heterocycles. The van der Waals surface area contributed by atoms with Gasteiger partial charge in [0.1, 0.15) is 0 Å². The second kappa shape index (κ2) is 5.40. The molecule has 5 heteroatoms. The van der Waals surface area contributed by atoms with Gasteiger partial charge in [-0.3, -0.25) is 4.79 Å². The van der Waals surface area contributed by atoms with Gasteiger partial charge >= 0.3 is 5.97 Å². The van der Waals surface area contributed by atoms with Gasteiger partial charge in [0.2, 0.25) is 0 Å². The van der Waals surface area contributed by atoms with Crippen LogP contribution in [0.2, 0.25) is 0 Å². The fourth-order valence-corrected chi connectivity index (χ4v) is 1.49. The van der Waals surface area contributed by atoms with Crippen molar-refractivity contribution in [3.05, 3.63) is 0 Å². The lowest BCUT2D eigenvalue weighted by Crippen LogP contribution is -2.32. The highest BCUT2D eigenvalue weighted by atomic mass is 32.2. The van der Waals surface area contributed by atoms with Gasteiger partial charge < -0.3 is 15.3 Å². The first kappa shape index (κ1) is 11.7. The van der Waals surface area contributed by atoms with Crippen molar-refractivity contribution in [1.82, 2.24) is 0 Å². The lowest BCUT2D eigenvalue weighted by molar-refractivity contribution is -0.136. The number of aliphatic hydroxyl groups is 2. The zero-order chi connectivity index (χ0) is 9.61. The molecule has 0 radical (unpaired) electrons. The molecule has 3 N–H and O–H groups in total. The van der Waals surface area contributed by atoms with Crippen molar-refractivity contribution >= 4 is 17.7 Å². The normalized spacial score (nSPS) is 15.6. The van der Waals surface area contributed by atoms with Crippen molar-refractivity contribution < 1.29 is 20.1 Å². The topological polar surface area (TPSA) is 77.8 Å². The maximum absolute atomic E-state index is 10.1. The molecule has 0 fully saturated rings. The van der Waals surface area contributed by atoms with E-state index in [4.69, 9.17) is 10.2 Å². The summed E-state index contributed by atoms with van der Waals surface area (Å²) < 4.78 is 0. The van der Waals surface area contributed by atoms with Crippen molar-refractivity contribution in [3.63, 3.8) is 0 Å². The molecule has 1 unspecified atom stereocenters. The smallest absolute Gasteiger partial charge is 0.304 e. The van der Waals surface area contributed by atoms with E-state index in [0.717, 1.165) is 0 Å². The van der Waals surface area contributed by atoms with E-state index in [-0.39, 0.29) is 13.0 Å². The number of aliphatic hydroxyl groups excluding tert-OH is 1. The highest BCUT2D eigenvalue weighted by Gasteiger charge is 2.18. The Bertz CT molecular complexity index is 146. The first-order valence-electron chi connectivity index (χ1n) is 3.61. The van der Waals surface area contributed by atoms with Crippen LogP contribution in [-0.2, 0) is 4.79 Å². The van der Waals surface area contributed by atoms with Gasteiger partial charge in [-0.05, 0) is 6.92 Å². The number of aliphatic carboxylic acids is 1. The molecule has 0 aromatic heterocycles. The van der Waals surface area contributed by atoms with E-state index in [2.05, 4.69) is 0 Å². The Kier molecular flexibility index (Phi) is 5.28. The fourth-order valence-electron chi connectivity index (χ4n) is 0.497. The van der Waals surface area contributed by atoms with Crippen LogP contribution >= 0.6 is 11.8 Å². The quantitative estimate of drug-likeness (QED) is 0.516. The van der Waals surface area contributed by atoms with Crippen molar-refractivity contribution in [2.45, 2.75) is 18.9 Å². The van der Waals surface area contributed by atoms with E-state index in [0.29, 0.717) is 11.5 Å². The summed E-state index contributed by atoms with van der Waals surface area (Å²) >= 11 is 1.32. The lowest BCUT2D eigenvalue weighted by atomic mass is 10.2. The zero-order valence-corrected chi connectivity index (χ0v) is 7.80. The molecule has 0 aliphatic carbocycles. The summed E-state index contributed by atoms with van der Waals surface area (Å²) in [6.45, 7) is 1.22. The Morgan fingerprint density at radius 3 is 2.58 bits per heavy atom.